The fraction of sp³-hybridized carbons (Fsp3) is 0. The minimum absolute atomic E-state index is 0.317. The zero-order valence-corrected chi connectivity index (χ0v) is 15.2. The van der Waals surface area contributed by atoms with Crippen LogP contribution in [0.5, 0.6) is 0 Å². The third-order valence-corrected chi connectivity index (χ3v) is 5.49. The van der Waals surface area contributed by atoms with Gasteiger partial charge < -0.3 is 15.9 Å². The first-order chi connectivity index (χ1) is 12.0. The molecule has 25 heavy (non-hydrogen) atoms. The van der Waals surface area contributed by atoms with E-state index < -0.39 is 5.91 Å². The van der Waals surface area contributed by atoms with Gasteiger partial charge in [0.25, 0.3) is 5.91 Å². The summed E-state index contributed by atoms with van der Waals surface area (Å²) in [5.41, 5.74) is 14.6. The lowest BCUT2D eigenvalue weighted by atomic mass is 10.0. The molecule has 0 bridgehead atoms. The number of fused-ring (bicyclic) bond motifs is 1. The van der Waals surface area contributed by atoms with Crippen molar-refractivity contribution in [2.75, 3.05) is 5.73 Å². The van der Waals surface area contributed by atoms with Gasteiger partial charge in [-0.3, -0.25) is 4.79 Å². The van der Waals surface area contributed by atoms with E-state index >= 15 is 0 Å². The Balaban J connectivity index is 2.06. The van der Waals surface area contributed by atoms with E-state index in [4.69, 9.17) is 15.9 Å². The molecule has 4 rings (SSSR count). The zero-order chi connectivity index (χ0) is 17.6. The number of pyridine rings is 1. The first kappa shape index (κ1) is 15.9. The predicted molar refractivity (Wildman–Crippen MR) is 103 cm³/mol. The quantitative estimate of drug-likeness (QED) is 0.510. The molecule has 0 atom stereocenters. The van der Waals surface area contributed by atoms with E-state index in [-0.39, 0.29) is 0 Å². The highest BCUT2D eigenvalue weighted by Gasteiger charge is 2.20. The summed E-state index contributed by atoms with van der Waals surface area (Å²) in [6.45, 7) is 0. The molecule has 0 spiro atoms. The molecule has 0 radical (unpaired) electrons. The van der Waals surface area contributed by atoms with E-state index in [1.807, 2.05) is 36.4 Å². The van der Waals surface area contributed by atoms with E-state index in [0.29, 0.717) is 26.8 Å². The molecule has 4 aromatic rings. The number of hydrogen-bond donors (Lipinski definition) is 2. The molecule has 4 N–H and O–H groups in total. The Kier molecular flexibility index (Phi) is 3.82. The van der Waals surface area contributed by atoms with Gasteiger partial charge >= 0.3 is 0 Å². The molecule has 0 saturated carbocycles. The Morgan fingerprint density at radius 2 is 1.96 bits per heavy atom. The second-order valence-electron chi connectivity index (χ2n) is 5.43. The molecule has 3 heterocycles. The molecule has 7 heteroatoms. The van der Waals surface area contributed by atoms with E-state index in [1.165, 1.54) is 11.3 Å². The van der Waals surface area contributed by atoms with Crippen molar-refractivity contribution in [1.29, 1.82) is 0 Å². The number of nitrogens with two attached hydrogens (primary N) is 2. The number of thiophene rings is 1. The topological polar surface area (TPSA) is 95.1 Å². The number of aromatic nitrogens is 1. The van der Waals surface area contributed by atoms with Gasteiger partial charge in [-0.05, 0) is 41.5 Å². The molecular formula is C18H12BrN3O2S. The Morgan fingerprint density at radius 3 is 2.60 bits per heavy atom. The Labute approximate surface area is 155 Å². The molecule has 5 nitrogen and oxygen atoms in total. The summed E-state index contributed by atoms with van der Waals surface area (Å²) in [5.74, 6) is 0.0923. The van der Waals surface area contributed by atoms with Crippen molar-refractivity contribution in [3.8, 4) is 22.6 Å². The van der Waals surface area contributed by atoms with Gasteiger partial charge in [0.05, 0.1) is 12.0 Å². The highest BCUT2D eigenvalue weighted by molar-refractivity contribution is 9.10. The number of nitrogens with zero attached hydrogens (tertiary/aromatic N) is 1. The summed E-state index contributed by atoms with van der Waals surface area (Å²) >= 11 is 4.63. The second-order valence-corrected chi connectivity index (χ2v) is 7.34. The van der Waals surface area contributed by atoms with Crippen LogP contribution in [0.3, 0.4) is 0 Å². The van der Waals surface area contributed by atoms with Gasteiger partial charge in [-0.1, -0.05) is 28.1 Å². The molecular weight excluding hydrogens is 402 g/mol. The molecule has 1 aromatic carbocycles. The number of amides is 1. The van der Waals surface area contributed by atoms with Crippen LogP contribution in [0, 0.1) is 0 Å². The highest BCUT2D eigenvalue weighted by atomic mass is 79.9. The number of nitrogen functional groups attached to an aromatic ring is 1. The Bertz CT molecular complexity index is 1090. The van der Waals surface area contributed by atoms with Crippen molar-refractivity contribution in [2.24, 2.45) is 5.73 Å². The van der Waals surface area contributed by atoms with E-state index in [9.17, 15) is 4.79 Å². The van der Waals surface area contributed by atoms with Crippen LogP contribution in [-0.4, -0.2) is 10.9 Å². The number of benzene rings is 1. The van der Waals surface area contributed by atoms with E-state index in [2.05, 4.69) is 20.9 Å². The van der Waals surface area contributed by atoms with Gasteiger partial charge in [0.1, 0.15) is 15.4 Å². The van der Waals surface area contributed by atoms with Crippen LogP contribution in [0.2, 0.25) is 0 Å². The van der Waals surface area contributed by atoms with Gasteiger partial charge in [-0.15, -0.1) is 11.3 Å². The number of rotatable bonds is 3. The third kappa shape index (κ3) is 2.71. The van der Waals surface area contributed by atoms with Crippen LogP contribution in [0.15, 0.2) is 57.6 Å². The van der Waals surface area contributed by atoms with Crippen LogP contribution in [0.25, 0.3) is 32.8 Å². The predicted octanol–water partition coefficient (Wildman–Crippen LogP) is 4.67. The highest BCUT2D eigenvalue weighted by Crippen LogP contribution is 2.41. The van der Waals surface area contributed by atoms with Crippen LogP contribution in [0.1, 0.15) is 9.67 Å². The Morgan fingerprint density at radius 1 is 1.20 bits per heavy atom. The molecule has 0 saturated heterocycles. The van der Waals surface area contributed by atoms with Crippen molar-refractivity contribution < 1.29 is 9.21 Å². The molecule has 0 fully saturated rings. The molecule has 0 aliphatic heterocycles. The van der Waals surface area contributed by atoms with Crippen molar-refractivity contribution in [3.63, 3.8) is 0 Å². The lowest BCUT2D eigenvalue weighted by molar-refractivity contribution is 0.100. The van der Waals surface area contributed by atoms with Crippen LogP contribution < -0.4 is 11.5 Å². The van der Waals surface area contributed by atoms with Crippen molar-refractivity contribution in [2.45, 2.75) is 0 Å². The third-order valence-electron chi connectivity index (χ3n) is 3.85. The Hall–Kier alpha value is -2.64. The van der Waals surface area contributed by atoms with Gasteiger partial charge in [-0.25, -0.2) is 4.98 Å². The number of halogens is 1. The number of hydrogen-bond acceptors (Lipinski definition) is 5. The van der Waals surface area contributed by atoms with E-state index in [0.717, 1.165) is 21.0 Å². The fourth-order valence-electron chi connectivity index (χ4n) is 2.71. The fourth-order valence-corrected chi connectivity index (χ4v) is 3.95. The van der Waals surface area contributed by atoms with Crippen LogP contribution >= 0.6 is 27.3 Å². The lowest BCUT2D eigenvalue weighted by Gasteiger charge is -2.07. The standard InChI is InChI=1S/C18H12BrN3O2S/c19-10-5-3-9(4-6-10)11-8-12(13-2-1-7-24-13)22-18-14(11)15(20)16(25-18)17(21)23/h1-8H,20H2,(H2,21,23). The first-order valence-electron chi connectivity index (χ1n) is 7.37. The number of carbonyl (C=O) groups excluding carboxylic acids is 1. The maximum atomic E-state index is 11.7. The number of anilines is 1. The monoisotopic (exact) mass is 413 g/mol. The summed E-state index contributed by atoms with van der Waals surface area (Å²) in [7, 11) is 0. The van der Waals surface area contributed by atoms with Crippen LogP contribution in [0.4, 0.5) is 5.69 Å². The van der Waals surface area contributed by atoms with E-state index in [1.54, 1.807) is 12.3 Å². The number of carbonyl (C=O) groups is 1. The SMILES string of the molecule is NC(=O)c1sc2nc(-c3ccco3)cc(-c3ccc(Br)cc3)c2c1N. The molecule has 1 amide bonds. The van der Waals surface area contributed by atoms with Crippen molar-refractivity contribution >= 4 is 49.1 Å². The average Bonchev–Trinajstić information content (AvgIpc) is 3.23. The largest absolute Gasteiger partial charge is 0.463 e. The normalized spacial score (nSPS) is 11.1. The summed E-state index contributed by atoms with van der Waals surface area (Å²) < 4.78 is 6.45. The molecule has 0 aliphatic rings. The van der Waals surface area contributed by atoms with Gasteiger partial charge in [0, 0.05) is 9.86 Å². The lowest BCUT2D eigenvalue weighted by Crippen LogP contribution is -2.10. The molecule has 124 valence electrons. The van der Waals surface area contributed by atoms with Crippen molar-refractivity contribution in [3.05, 3.63) is 58.1 Å². The summed E-state index contributed by atoms with van der Waals surface area (Å²) in [5, 5.41) is 0.733. The van der Waals surface area contributed by atoms with Gasteiger partial charge in [0.2, 0.25) is 0 Å². The maximum Gasteiger partial charge on any atom is 0.260 e. The summed E-state index contributed by atoms with van der Waals surface area (Å²) in [6.07, 6.45) is 1.60. The summed E-state index contributed by atoms with van der Waals surface area (Å²) in [6, 6.07) is 13.4. The summed E-state index contributed by atoms with van der Waals surface area (Å²) in [4.78, 5) is 17.3. The second kappa shape index (κ2) is 6.02. The maximum absolute atomic E-state index is 11.7. The molecule has 0 aliphatic carbocycles. The van der Waals surface area contributed by atoms with Crippen LogP contribution in [-0.2, 0) is 0 Å². The number of primary amides is 1. The zero-order valence-electron chi connectivity index (χ0n) is 12.8. The molecule has 0 unspecified atom stereocenters. The van der Waals surface area contributed by atoms with Gasteiger partial charge in [-0.2, -0.15) is 0 Å². The average molecular weight is 414 g/mol. The van der Waals surface area contributed by atoms with Gasteiger partial charge in [0.15, 0.2) is 5.76 Å². The minimum Gasteiger partial charge on any atom is -0.463 e. The van der Waals surface area contributed by atoms with Crippen molar-refractivity contribution in [1.82, 2.24) is 4.98 Å². The molecule has 3 aromatic heterocycles. The minimum atomic E-state index is -0.554. The smallest absolute Gasteiger partial charge is 0.260 e. The number of furan rings is 1. The first-order valence-corrected chi connectivity index (χ1v) is 8.98.